The minimum absolute atomic E-state index is 0.104. The van der Waals surface area contributed by atoms with Crippen LogP contribution < -0.4 is 5.32 Å². The third-order valence-electron chi connectivity index (χ3n) is 2.88. The van der Waals surface area contributed by atoms with Crippen molar-refractivity contribution in [1.82, 2.24) is 5.32 Å². The van der Waals surface area contributed by atoms with Crippen LogP contribution in [-0.2, 0) is 0 Å². The number of likely N-dealkylation sites (N-methyl/N-ethyl adjacent to an activating group) is 1. The van der Waals surface area contributed by atoms with E-state index in [1.54, 1.807) is 0 Å². The number of nitrogens with one attached hydrogen (secondary N) is 1. The van der Waals surface area contributed by atoms with E-state index in [0.29, 0.717) is 0 Å². The van der Waals surface area contributed by atoms with Gasteiger partial charge in [-0.3, -0.25) is 0 Å². The van der Waals surface area contributed by atoms with Crippen LogP contribution in [0.4, 0.5) is 0 Å². The molecule has 2 aromatic rings. The van der Waals surface area contributed by atoms with Crippen molar-refractivity contribution in [2.75, 3.05) is 6.54 Å². The first-order valence-corrected chi connectivity index (χ1v) is 6.00. The molecule has 1 aromatic heterocycles. The molecular formula is C15H19NO. The Labute approximate surface area is 102 Å². The van der Waals surface area contributed by atoms with Crippen molar-refractivity contribution >= 4 is 11.0 Å². The summed E-state index contributed by atoms with van der Waals surface area (Å²) in [5, 5.41) is 4.54. The number of benzene rings is 1. The molecule has 17 heavy (non-hydrogen) atoms. The molecule has 0 aliphatic heterocycles. The molecule has 0 radical (unpaired) electrons. The molecule has 2 nitrogen and oxygen atoms in total. The van der Waals surface area contributed by atoms with Gasteiger partial charge < -0.3 is 9.73 Å². The molecule has 90 valence electrons. The van der Waals surface area contributed by atoms with Crippen molar-refractivity contribution in [2.45, 2.75) is 26.8 Å². The van der Waals surface area contributed by atoms with Crippen molar-refractivity contribution in [3.05, 3.63) is 47.7 Å². The zero-order valence-electron chi connectivity index (χ0n) is 10.7. The average Bonchev–Trinajstić information content (AvgIpc) is 2.67. The lowest BCUT2D eigenvalue weighted by Gasteiger charge is -2.14. The summed E-state index contributed by atoms with van der Waals surface area (Å²) in [5.41, 5.74) is 3.26. The zero-order chi connectivity index (χ0) is 12.4. The van der Waals surface area contributed by atoms with Crippen LogP contribution in [0, 0.1) is 6.92 Å². The van der Waals surface area contributed by atoms with Crippen molar-refractivity contribution in [3.63, 3.8) is 0 Å². The fraction of sp³-hybridized carbons (Fsp3) is 0.333. The van der Waals surface area contributed by atoms with Crippen LogP contribution >= 0.6 is 0 Å². The molecule has 1 aromatic carbocycles. The lowest BCUT2D eigenvalue weighted by Crippen LogP contribution is -2.20. The molecule has 2 heteroatoms. The summed E-state index contributed by atoms with van der Waals surface area (Å²) in [6.45, 7) is 11.1. The van der Waals surface area contributed by atoms with Crippen molar-refractivity contribution in [1.29, 1.82) is 0 Å². The normalized spacial score (nSPS) is 12.9. The highest BCUT2D eigenvalue weighted by Crippen LogP contribution is 2.27. The summed E-state index contributed by atoms with van der Waals surface area (Å²) < 4.78 is 5.88. The second-order valence-corrected chi connectivity index (χ2v) is 4.53. The summed E-state index contributed by atoms with van der Waals surface area (Å²) in [5.74, 6) is 0.944. The van der Waals surface area contributed by atoms with Gasteiger partial charge in [-0.15, -0.1) is 0 Å². The first-order valence-electron chi connectivity index (χ1n) is 6.00. The average molecular weight is 229 g/mol. The summed E-state index contributed by atoms with van der Waals surface area (Å²) in [4.78, 5) is 0. The van der Waals surface area contributed by atoms with E-state index < -0.39 is 0 Å². The lowest BCUT2D eigenvalue weighted by molar-refractivity contribution is 0.473. The van der Waals surface area contributed by atoms with Gasteiger partial charge in [-0.05, 0) is 38.6 Å². The number of hydrogen-bond acceptors (Lipinski definition) is 2. The Hall–Kier alpha value is -1.54. The number of fused-ring (bicyclic) bond motifs is 1. The fourth-order valence-electron chi connectivity index (χ4n) is 2.05. The summed E-state index contributed by atoms with van der Waals surface area (Å²) in [6.07, 6.45) is 0. The van der Waals surface area contributed by atoms with E-state index in [1.165, 1.54) is 5.56 Å². The van der Waals surface area contributed by atoms with Crippen molar-refractivity contribution in [3.8, 4) is 0 Å². The molecule has 0 spiro atoms. The predicted molar refractivity (Wildman–Crippen MR) is 72.2 cm³/mol. The number of furan rings is 1. The van der Waals surface area contributed by atoms with Crippen LogP contribution in [0.1, 0.15) is 31.2 Å². The lowest BCUT2D eigenvalue weighted by atomic mass is 10.1. The van der Waals surface area contributed by atoms with Gasteiger partial charge in [-0.1, -0.05) is 30.7 Å². The largest absolute Gasteiger partial charge is 0.459 e. The molecule has 0 amide bonds. The fourth-order valence-corrected chi connectivity index (χ4v) is 2.05. The molecule has 1 atom stereocenters. The van der Waals surface area contributed by atoms with E-state index in [-0.39, 0.29) is 6.04 Å². The Bertz CT molecular complexity index is 539. The SMILES string of the molecule is C=C(C)C(NCC)c1cc2cc(C)ccc2o1. The van der Waals surface area contributed by atoms with E-state index in [4.69, 9.17) is 4.42 Å². The van der Waals surface area contributed by atoms with Gasteiger partial charge in [0.2, 0.25) is 0 Å². The van der Waals surface area contributed by atoms with Crippen molar-refractivity contribution < 1.29 is 4.42 Å². The summed E-state index contributed by atoms with van der Waals surface area (Å²) in [6, 6.07) is 8.44. The smallest absolute Gasteiger partial charge is 0.134 e. The Morgan fingerprint density at radius 2 is 2.18 bits per heavy atom. The standard InChI is InChI=1S/C15H19NO/c1-5-16-15(10(2)3)14-9-12-8-11(4)6-7-13(12)17-14/h6-9,15-16H,2,5H2,1,3-4H3. The van der Waals surface area contributed by atoms with Gasteiger partial charge in [0, 0.05) is 5.39 Å². The van der Waals surface area contributed by atoms with E-state index in [1.807, 2.05) is 13.0 Å². The number of aryl methyl sites for hydroxylation is 1. The Balaban J connectivity index is 2.43. The molecule has 1 heterocycles. The van der Waals surface area contributed by atoms with Gasteiger partial charge >= 0.3 is 0 Å². The number of hydrogen-bond donors (Lipinski definition) is 1. The van der Waals surface area contributed by atoms with Gasteiger partial charge in [-0.2, -0.15) is 0 Å². The summed E-state index contributed by atoms with van der Waals surface area (Å²) >= 11 is 0. The summed E-state index contributed by atoms with van der Waals surface area (Å²) in [7, 11) is 0. The second-order valence-electron chi connectivity index (χ2n) is 4.53. The van der Waals surface area contributed by atoms with Gasteiger partial charge in [0.1, 0.15) is 11.3 Å². The maximum absolute atomic E-state index is 5.88. The monoisotopic (exact) mass is 229 g/mol. The number of rotatable bonds is 4. The highest BCUT2D eigenvalue weighted by molar-refractivity contribution is 5.78. The quantitative estimate of drug-likeness (QED) is 0.802. The van der Waals surface area contributed by atoms with Gasteiger partial charge in [0.15, 0.2) is 0 Å². The first kappa shape index (κ1) is 11.9. The third-order valence-corrected chi connectivity index (χ3v) is 2.88. The van der Waals surface area contributed by atoms with Crippen LogP contribution in [0.2, 0.25) is 0 Å². The molecule has 1 unspecified atom stereocenters. The second kappa shape index (κ2) is 4.76. The Kier molecular flexibility index (Phi) is 3.34. The third kappa shape index (κ3) is 2.42. The molecule has 0 saturated heterocycles. The van der Waals surface area contributed by atoms with E-state index in [2.05, 4.69) is 43.9 Å². The molecule has 1 N–H and O–H groups in total. The topological polar surface area (TPSA) is 25.2 Å². The molecule has 2 rings (SSSR count). The molecule has 0 saturated carbocycles. The highest BCUT2D eigenvalue weighted by atomic mass is 16.3. The minimum atomic E-state index is 0.104. The zero-order valence-corrected chi connectivity index (χ0v) is 10.7. The van der Waals surface area contributed by atoms with Crippen LogP contribution in [0.15, 0.2) is 40.8 Å². The maximum atomic E-state index is 5.88. The predicted octanol–water partition coefficient (Wildman–Crippen LogP) is 3.97. The van der Waals surface area contributed by atoms with E-state index in [0.717, 1.165) is 28.8 Å². The highest BCUT2D eigenvalue weighted by Gasteiger charge is 2.15. The van der Waals surface area contributed by atoms with E-state index in [9.17, 15) is 0 Å². The Morgan fingerprint density at radius 3 is 2.82 bits per heavy atom. The van der Waals surface area contributed by atoms with Crippen molar-refractivity contribution in [2.24, 2.45) is 0 Å². The Morgan fingerprint density at radius 1 is 1.41 bits per heavy atom. The molecule has 0 fully saturated rings. The molecule has 0 aliphatic rings. The minimum Gasteiger partial charge on any atom is -0.459 e. The van der Waals surface area contributed by atoms with Gasteiger partial charge in [-0.25, -0.2) is 0 Å². The van der Waals surface area contributed by atoms with E-state index >= 15 is 0 Å². The van der Waals surface area contributed by atoms with Crippen LogP contribution in [-0.4, -0.2) is 6.54 Å². The van der Waals surface area contributed by atoms with Crippen LogP contribution in [0.5, 0.6) is 0 Å². The molecule has 0 bridgehead atoms. The maximum Gasteiger partial charge on any atom is 0.134 e. The first-order chi connectivity index (χ1) is 8.11. The van der Waals surface area contributed by atoms with Crippen LogP contribution in [0.3, 0.4) is 0 Å². The molecular weight excluding hydrogens is 210 g/mol. The van der Waals surface area contributed by atoms with Gasteiger partial charge in [0.05, 0.1) is 6.04 Å². The molecule has 0 aliphatic carbocycles. The van der Waals surface area contributed by atoms with Crippen LogP contribution in [0.25, 0.3) is 11.0 Å². The van der Waals surface area contributed by atoms with Gasteiger partial charge in [0.25, 0.3) is 0 Å².